The van der Waals surface area contributed by atoms with Gasteiger partial charge in [0.15, 0.2) is 0 Å². The average Bonchev–Trinajstić information content (AvgIpc) is 3.30. The van der Waals surface area contributed by atoms with Gasteiger partial charge in [-0.1, -0.05) is 0 Å². The largest absolute Gasteiger partial charge is 0.383 e. The van der Waals surface area contributed by atoms with Crippen LogP contribution in [0.25, 0.3) is 0 Å². The number of methoxy groups -OCH3 is 1. The van der Waals surface area contributed by atoms with Gasteiger partial charge in [-0.15, -0.1) is 0 Å². The van der Waals surface area contributed by atoms with Crippen LogP contribution in [0.5, 0.6) is 0 Å². The number of hydrogen-bond donors (Lipinski definition) is 1. The fraction of sp³-hybridized carbons (Fsp3) is 0.933. The first-order valence-electron chi connectivity index (χ1n) is 7.99. The zero-order chi connectivity index (χ0) is 14.1. The van der Waals surface area contributed by atoms with E-state index in [1.807, 2.05) is 4.90 Å². The second kappa shape index (κ2) is 6.00. The van der Waals surface area contributed by atoms with Crippen LogP contribution in [0.2, 0.25) is 0 Å². The molecule has 1 saturated carbocycles. The summed E-state index contributed by atoms with van der Waals surface area (Å²) < 4.78 is 5.00. The first kappa shape index (κ1) is 14.3. The Morgan fingerprint density at radius 3 is 2.80 bits per heavy atom. The SMILES string of the molecule is COCC(N)C(=O)N1CCC2C(CCCN2C2CC2)C1. The van der Waals surface area contributed by atoms with Gasteiger partial charge in [-0.3, -0.25) is 9.69 Å². The molecule has 2 N–H and O–H groups in total. The minimum absolute atomic E-state index is 0.0637. The van der Waals surface area contributed by atoms with E-state index in [0.29, 0.717) is 18.6 Å². The predicted octanol–water partition coefficient (Wildman–Crippen LogP) is 0.435. The van der Waals surface area contributed by atoms with E-state index in [4.69, 9.17) is 10.5 Å². The lowest BCUT2D eigenvalue weighted by Gasteiger charge is -2.47. The molecule has 2 heterocycles. The summed E-state index contributed by atoms with van der Waals surface area (Å²) in [5.41, 5.74) is 5.89. The van der Waals surface area contributed by atoms with E-state index >= 15 is 0 Å². The molecule has 3 unspecified atom stereocenters. The molecule has 1 aliphatic carbocycles. The number of piperidine rings is 2. The monoisotopic (exact) mass is 281 g/mol. The molecule has 5 heteroatoms. The Labute approximate surface area is 121 Å². The van der Waals surface area contributed by atoms with Crippen molar-refractivity contribution >= 4 is 5.91 Å². The lowest BCUT2D eigenvalue weighted by molar-refractivity contribution is -0.137. The predicted molar refractivity (Wildman–Crippen MR) is 77.3 cm³/mol. The van der Waals surface area contributed by atoms with Crippen molar-refractivity contribution in [3.63, 3.8) is 0 Å². The average molecular weight is 281 g/mol. The molecule has 0 bridgehead atoms. The standard InChI is InChI=1S/C15H27N3O2/c1-20-10-13(16)15(19)17-8-6-14-11(9-17)3-2-7-18(14)12-4-5-12/h11-14H,2-10,16H2,1H3. The molecule has 3 rings (SSSR count). The molecule has 114 valence electrons. The van der Waals surface area contributed by atoms with Gasteiger partial charge in [0.1, 0.15) is 6.04 Å². The second-order valence-corrected chi connectivity index (χ2v) is 6.57. The van der Waals surface area contributed by atoms with E-state index in [9.17, 15) is 4.79 Å². The Bertz CT molecular complexity index is 359. The van der Waals surface area contributed by atoms with Gasteiger partial charge in [-0.05, 0) is 44.6 Å². The normalized spacial score (nSPS) is 32.8. The first-order valence-corrected chi connectivity index (χ1v) is 7.99. The summed E-state index contributed by atoms with van der Waals surface area (Å²) in [5.74, 6) is 0.714. The van der Waals surface area contributed by atoms with Crippen LogP contribution in [0.3, 0.4) is 0 Å². The van der Waals surface area contributed by atoms with Crippen LogP contribution in [0.4, 0.5) is 0 Å². The minimum Gasteiger partial charge on any atom is -0.383 e. The maximum atomic E-state index is 12.3. The summed E-state index contributed by atoms with van der Waals surface area (Å²) in [6, 6.07) is 1.06. The fourth-order valence-corrected chi connectivity index (χ4v) is 3.99. The fourth-order valence-electron chi connectivity index (χ4n) is 3.99. The number of rotatable bonds is 4. The molecule has 3 atom stereocenters. The molecule has 20 heavy (non-hydrogen) atoms. The topological polar surface area (TPSA) is 58.8 Å². The molecular weight excluding hydrogens is 254 g/mol. The highest BCUT2D eigenvalue weighted by Crippen LogP contribution is 2.38. The molecule has 5 nitrogen and oxygen atoms in total. The highest BCUT2D eigenvalue weighted by Gasteiger charge is 2.42. The summed E-state index contributed by atoms with van der Waals surface area (Å²) in [6.07, 6.45) is 6.42. The molecule has 3 aliphatic rings. The number of ether oxygens (including phenoxy) is 1. The first-order chi connectivity index (χ1) is 9.70. The molecule has 0 aromatic rings. The van der Waals surface area contributed by atoms with Crippen molar-refractivity contribution in [3.8, 4) is 0 Å². The van der Waals surface area contributed by atoms with Crippen LogP contribution in [-0.2, 0) is 9.53 Å². The van der Waals surface area contributed by atoms with Crippen molar-refractivity contribution in [2.45, 2.75) is 50.2 Å². The van der Waals surface area contributed by atoms with Gasteiger partial charge in [0.25, 0.3) is 0 Å². The van der Waals surface area contributed by atoms with Crippen molar-refractivity contribution < 1.29 is 9.53 Å². The van der Waals surface area contributed by atoms with E-state index in [1.165, 1.54) is 32.2 Å². The highest BCUT2D eigenvalue weighted by molar-refractivity contribution is 5.81. The molecule has 2 saturated heterocycles. The van der Waals surface area contributed by atoms with Gasteiger partial charge in [0.05, 0.1) is 6.61 Å². The van der Waals surface area contributed by atoms with Crippen LogP contribution in [0, 0.1) is 5.92 Å². The number of amides is 1. The summed E-state index contributed by atoms with van der Waals surface area (Å²) >= 11 is 0. The van der Waals surface area contributed by atoms with Crippen LogP contribution >= 0.6 is 0 Å². The van der Waals surface area contributed by atoms with E-state index in [0.717, 1.165) is 25.6 Å². The van der Waals surface area contributed by atoms with Gasteiger partial charge in [-0.2, -0.15) is 0 Å². The van der Waals surface area contributed by atoms with Crippen molar-refractivity contribution in [1.29, 1.82) is 0 Å². The Morgan fingerprint density at radius 1 is 1.30 bits per heavy atom. The van der Waals surface area contributed by atoms with Gasteiger partial charge in [0, 0.05) is 32.3 Å². The van der Waals surface area contributed by atoms with E-state index in [1.54, 1.807) is 7.11 Å². The molecule has 0 spiro atoms. The summed E-state index contributed by atoms with van der Waals surface area (Å²) in [5, 5.41) is 0. The smallest absolute Gasteiger partial charge is 0.241 e. The summed E-state index contributed by atoms with van der Waals surface area (Å²) in [4.78, 5) is 17.0. The lowest BCUT2D eigenvalue weighted by atomic mass is 9.83. The van der Waals surface area contributed by atoms with Crippen molar-refractivity contribution in [2.75, 3.05) is 33.4 Å². The van der Waals surface area contributed by atoms with Crippen LogP contribution in [0.15, 0.2) is 0 Å². The lowest BCUT2D eigenvalue weighted by Crippen LogP contribution is -2.58. The molecule has 0 aromatic heterocycles. The molecule has 0 radical (unpaired) electrons. The van der Waals surface area contributed by atoms with Crippen LogP contribution in [-0.4, -0.2) is 67.2 Å². The zero-order valence-electron chi connectivity index (χ0n) is 12.5. The van der Waals surface area contributed by atoms with Gasteiger partial charge < -0.3 is 15.4 Å². The van der Waals surface area contributed by atoms with Crippen molar-refractivity contribution in [3.05, 3.63) is 0 Å². The number of nitrogens with two attached hydrogens (primary N) is 1. The number of carbonyl (C=O) groups excluding carboxylic acids is 1. The highest BCUT2D eigenvalue weighted by atomic mass is 16.5. The van der Waals surface area contributed by atoms with Gasteiger partial charge in [-0.25, -0.2) is 0 Å². The molecular formula is C15H27N3O2. The van der Waals surface area contributed by atoms with E-state index in [-0.39, 0.29) is 5.91 Å². The van der Waals surface area contributed by atoms with Gasteiger partial charge in [0.2, 0.25) is 5.91 Å². The molecule has 0 aromatic carbocycles. The molecule has 3 fully saturated rings. The summed E-state index contributed by atoms with van der Waals surface area (Å²) in [7, 11) is 1.59. The Hall–Kier alpha value is -0.650. The third kappa shape index (κ3) is 2.85. The number of carbonyl (C=O) groups is 1. The minimum atomic E-state index is -0.500. The molecule has 1 amide bonds. The Morgan fingerprint density at radius 2 is 2.10 bits per heavy atom. The third-order valence-electron chi connectivity index (χ3n) is 5.10. The quantitative estimate of drug-likeness (QED) is 0.812. The van der Waals surface area contributed by atoms with Crippen LogP contribution in [0.1, 0.15) is 32.1 Å². The number of fused-ring (bicyclic) bond motifs is 1. The Kier molecular flexibility index (Phi) is 4.29. The third-order valence-corrected chi connectivity index (χ3v) is 5.10. The van der Waals surface area contributed by atoms with E-state index < -0.39 is 6.04 Å². The Balaban J connectivity index is 1.59. The molecule has 2 aliphatic heterocycles. The van der Waals surface area contributed by atoms with Crippen LogP contribution < -0.4 is 5.73 Å². The maximum absolute atomic E-state index is 12.3. The van der Waals surface area contributed by atoms with E-state index in [2.05, 4.69) is 4.90 Å². The number of nitrogens with zero attached hydrogens (tertiary/aromatic N) is 2. The van der Waals surface area contributed by atoms with Crippen molar-refractivity contribution in [2.24, 2.45) is 11.7 Å². The van der Waals surface area contributed by atoms with Crippen molar-refractivity contribution in [1.82, 2.24) is 9.80 Å². The number of likely N-dealkylation sites (tertiary alicyclic amines) is 2. The second-order valence-electron chi connectivity index (χ2n) is 6.57. The number of hydrogen-bond acceptors (Lipinski definition) is 4. The van der Waals surface area contributed by atoms with Gasteiger partial charge >= 0.3 is 0 Å². The maximum Gasteiger partial charge on any atom is 0.241 e. The zero-order valence-corrected chi connectivity index (χ0v) is 12.5. The summed E-state index contributed by atoms with van der Waals surface area (Å²) in [6.45, 7) is 3.34.